The number of nitrogens with one attached hydrogen (secondary N) is 2. The predicted octanol–water partition coefficient (Wildman–Crippen LogP) is 2.75. The Morgan fingerprint density at radius 1 is 1.35 bits per heavy atom. The molecule has 3 rings (SSSR count). The minimum atomic E-state index is 0.291. The number of H-pyrrole nitrogens is 1. The van der Waals surface area contributed by atoms with Gasteiger partial charge < -0.3 is 5.32 Å². The maximum atomic E-state index is 4.16. The molecule has 1 aliphatic carbocycles. The van der Waals surface area contributed by atoms with Gasteiger partial charge in [-0.15, -0.1) is 0 Å². The molecule has 1 aromatic heterocycles. The van der Waals surface area contributed by atoms with Gasteiger partial charge in [0.15, 0.2) is 0 Å². The first-order valence-corrected chi connectivity index (χ1v) is 7.34. The molecule has 0 fully saturated rings. The van der Waals surface area contributed by atoms with E-state index in [0.717, 1.165) is 18.8 Å². The smallest absolute Gasteiger partial charge is 0.137 e. The van der Waals surface area contributed by atoms with Crippen LogP contribution in [0.3, 0.4) is 0 Å². The molecule has 20 heavy (non-hydrogen) atoms. The lowest BCUT2D eigenvalue weighted by Gasteiger charge is -2.37. The first-order valence-electron chi connectivity index (χ1n) is 7.34. The lowest BCUT2D eigenvalue weighted by atomic mass is 9.71. The molecule has 0 spiro atoms. The number of benzene rings is 1. The fourth-order valence-electron chi connectivity index (χ4n) is 3.14. The molecule has 1 atom stereocenters. The van der Waals surface area contributed by atoms with Crippen LogP contribution in [0, 0.1) is 0 Å². The fraction of sp³-hybridized carbons (Fsp3) is 0.500. The number of nitrogens with zero attached hydrogens (tertiary/aromatic N) is 2. The normalized spacial score (nSPS) is 20.6. The zero-order valence-corrected chi connectivity index (χ0v) is 12.2. The van der Waals surface area contributed by atoms with E-state index in [1.807, 2.05) is 0 Å². The number of fused-ring (bicyclic) bond motifs is 1. The first-order chi connectivity index (χ1) is 9.67. The number of aromatic amines is 1. The molecule has 0 saturated carbocycles. The maximum Gasteiger partial charge on any atom is 0.137 e. The van der Waals surface area contributed by atoms with Gasteiger partial charge in [-0.1, -0.05) is 38.1 Å². The van der Waals surface area contributed by atoms with Crippen LogP contribution in [-0.2, 0) is 11.8 Å². The number of hydrogen-bond acceptors (Lipinski definition) is 3. The van der Waals surface area contributed by atoms with Gasteiger partial charge >= 0.3 is 0 Å². The molecule has 1 aromatic carbocycles. The van der Waals surface area contributed by atoms with Crippen molar-refractivity contribution >= 4 is 0 Å². The molecule has 0 saturated heterocycles. The topological polar surface area (TPSA) is 53.6 Å². The van der Waals surface area contributed by atoms with E-state index in [4.69, 9.17) is 0 Å². The third-order valence-electron chi connectivity index (χ3n) is 4.34. The molecule has 2 aromatic rings. The summed E-state index contributed by atoms with van der Waals surface area (Å²) in [7, 11) is 0. The van der Waals surface area contributed by atoms with Crippen molar-refractivity contribution in [3.05, 3.63) is 47.5 Å². The van der Waals surface area contributed by atoms with Crippen LogP contribution in [-0.4, -0.2) is 21.7 Å². The Bertz CT molecular complexity index is 560. The van der Waals surface area contributed by atoms with Crippen LogP contribution in [0.1, 0.15) is 49.7 Å². The maximum absolute atomic E-state index is 4.16. The highest BCUT2D eigenvalue weighted by Crippen LogP contribution is 2.41. The largest absolute Gasteiger partial charge is 0.309 e. The minimum absolute atomic E-state index is 0.291. The van der Waals surface area contributed by atoms with Crippen molar-refractivity contribution in [1.82, 2.24) is 20.5 Å². The van der Waals surface area contributed by atoms with E-state index in [9.17, 15) is 0 Å². The van der Waals surface area contributed by atoms with Gasteiger partial charge in [-0.2, -0.15) is 5.10 Å². The van der Waals surface area contributed by atoms with Crippen molar-refractivity contribution in [2.45, 2.75) is 44.6 Å². The molecule has 0 radical (unpaired) electrons. The summed E-state index contributed by atoms with van der Waals surface area (Å²) in [4.78, 5) is 4.16. The van der Waals surface area contributed by atoms with E-state index < -0.39 is 0 Å². The summed E-state index contributed by atoms with van der Waals surface area (Å²) in [5, 5.41) is 10.5. The van der Waals surface area contributed by atoms with Crippen LogP contribution in [0.2, 0.25) is 0 Å². The molecule has 4 heteroatoms. The number of rotatable bonds is 4. The summed E-state index contributed by atoms with van der Waals surface area (Å²) in [5.74, 6) is 0.946. The average molecular weight is 270 g/mol. The zero-order valence-electron chi connectivity index (χ0n) is 12.2. The Labute approximate surface area is 120 Å². The van der Waals surface area contributed by atoms with Crippen LogP contribution in [0.15, 0.2) is 30.6 Å². The van der Waals surface area contributed by atoms with Crippen LogP contribution in [0.5, 0.6) is 0 Å². The van der Waals surface area contributed by atoms with Crippen LogP contribution in [0.25, 0.3) is 0 Å². The lowest BCUT2D eigenvalue weighted by molar-refractivity contribution is 0.359. The van der Waals surface area contributed by atoms with Crippen molar-refractivity contribution < 1.29 is 0 Å². The third-order valence-corrected chi connectivity index (χ3v) is 4.34. The summed E-state index contributed by atoms with van der Waals surface area (Å²) >= 11 is 0. The Hall–Kier alpha value is -1.68. The summed E-state index contributed by atoms with van der Waals surface area (Å²) in [6.07, 6.45) is 4.88. The molecule has 1 heterocycles. The predicted molar refractivity (Wildman–Crippen MR) is 79.5 cm³/mol. The third kappa shape index (κ3) is 2.61. The Kier molecular flexibility index (Phi) is 3.57. The van der Waals surface area contributed by atoms with Crippen molar-refractivity contribution in [1.29, 1.82) is 0 Å². The molecule has 0 amide bonds. The van der Waals surface area contributed by atoms with Gasteiger partial charge in [0, 0.05) is 19.0 Å². The fourth-order valence-corrected chi connectivity index (χ4v) is 3.14. The second-order valence-electron chi connectivity index (χ2n) is 6.20. The van der Waals surface area contributed by atoms with Crippen molar-refractivity contribution in [2.24, 2.45) is 0 Å². The first kappa shape index (κ1) is 13.3. The molecule has 4 nitrogen and oxygen atoms in total. The molecule has 106 valence electrons. The van der Waals surface area contributed by atoms with Crippen molar-refractivity contribution in [3.8, 4) is 0 Å². The van der Waals surface area contributed by atoms with Gasteiger partial charge in [0.05, 0.1) is 0 Å². The lowest BCUT2D eigenvalue weighted by Crippen LogP contribution is -2.33. The van der Waals surface area contributed by atoms with E-state index in [2.05, 4.69) is 58.6 Å². The average Bonchev–Trinajstić information content (AvgIpc) is 2.95. The van der Waals surface area contributed by atoms with E-state index in [0.29, 0.717) is 11.5 Å². The summed E-state index contributed by atoms with van der Waals surface area (Å²) in [6, 6.07) is 9.30. The van der Waals surface area contributed by atoms with Crippen molar-refractivity contribution in [3.63, 3.8) is 0 Å². The van der Waals surface area contributed by atoms with E-state index in [1.54, 1.807) is 6.33 Å². The van der Waals surface area contributed by atoms with E-state index in [1.165, 1.54) is 24.0 Å². The second kappa shape index (κ2) is 5.37. The van der Waals surface area contributed by atoms with Gasteiger partial charge in [-0.05, 0) is 29.4 Å². The van der Waals surface area contributed by atoms with E-state index >= 15 is 0 Å². The Balaban J connectivity index is 1.69. The van der Waals surface area contributed by atoms with Gasteiger partial charge in [0.1, 0.15) is 12.2 Å². The zero-order chi connectivity index (χ0) is 14.0. The van der Waals surface area contributed by atoms with Gasteiger partial charge in [-0.25, -0.2) is 4.98 Å². The minimum Gasteiger partial charge on any atom is -0.309 e. The van der Waals surface area contributed by atoms with Gasteiger partial charge in [0.25, 0.3) is 0 Å². The highest BCUT2D eigenvalue weighted by atomic mass is 15.2. The van der Waals surface area contributed by atoms with Crippen LogP contribution in [0.4, 0.5) is 0 Å². The van der Waals surface area contributed by atoms with Crippen LogP contribution >= 0.6 is 0 Å². The SMILES string of the molecule is CC1(C)CCC(NCCc2ncn[nH]2)c2ccccc21. The summed E-state index contributed by atoms with van der Waals surface area (Å²) in [6.45, 7) is 5.61. The van der Waals surface area contributed by atoms with Crippen molar-refractivity contribution in [2.75, 3.05) is 6.54 Å². The molecule has 0 aliphatic heterocycles. The van der Waals surface area contributed by atoms with Gasteiger partial charge in [0.2, 0.25) is 0 Å². The molecule has 1 aliphatic rings. The molecular formula is C16H22N4. The van der Waals surface area contributed by atoms with Gasteiger partial charge in [-0.3, -0.25) is 5.10 Å². The standard InChI is InChI=1S/C16H22N4/c1-16(2)9-7-14(12-5-3-4-6-13(12)16)17-10-8-15-18-11-19-20-15/h3-6,11,14,17H,7-10H2,1-2H3,(H,18,19,20). The Morgan fingerprint density at radius 2 is 2.20 bits per heavy atom. The highest BCUT2D eigenvalue weighted by Gasteiger charge is 2.31. The summed E-state index contributed by atoms with van der Waals surface area (Å²) in [5.41, 5.74) is 3.24. The molecule has 2 N–H and O–H groups in total. The second-order valence-corrected chi connectivity index (χ2v) is 6.20. The number of hydrogen-bond donors (Lipinski definition) is 2. The molecule has 1 unspecified atom stereocenters. The summed E-state index contributed by atoms with van der Waals surface area (Å²) < 4.78 is 0. The highest BCUT2D eigenvalue weighted by molar-refractivity contribution is 5.38. The monoisotopic (exact) mass is 270 g/mol. The van der Waals surface area contributed by atoms with E-state index in [-0.39, 0.29) is 0 Å². The molecule has 0 bridgehead atoms. The quantitative estimate of drug-likeness (QED) is 0.898. The van der Waals surface area contributed by atoms with Crippen LogP contribution < -0.4 is 5.32 Å². The Morgan fingerprint density at radius 3 is 3.00 bits per heavy atom. The number of aromatic nitrogens is 3. The molecular weight excluding hydrogens is 248 g/mol.